The molecule has 0 aliphatic carbocycles. The normalized spacial score (nSPS) is 10.0. The van der Waals surface area contributed by atoms with Crippen LogP contribution >= 0.6 is 15.9 Å². The van der Waals surface area contributed by atoms with Crippen LogP contribution in [0.15, 0.2) is 35.1 Å². The molecule has 0 fully saturated rings. The Bertz CT molecular complexity index is 517. The van der Waals surface area contributed by atoms with E-state index in [1.807, 2.05) is 0 Å². The van der Waals surface area contributed by atoms with E-state index in [1.54, 1.807) is 37.7 Å². The van der Waals surface area contributed by atoms with Crippen LogP contribution in [0.1, 0.15) is 0 Å². The number of ether oxygens (including phenoxy) is 2. The summed E-state index contributed by atoms with van der Waals surface area (Å²) in [6, 6.07) is 5.35. The van der Waals surface area contributed by atoms with Gasteiger partial charge in [-0.2, -0.15) is 0 Å². The number of hydrogen-bond acceptors (Lipinski definition) is 5. The Morgan fingerprint density at radius 2 is 1.88 bits per heavy atom. The first-order chi connectivity index (χ1) is 8.19. The summed E-state index contributed by atoms with van der Waals surface area (Å²) >= 11 is 3.25. The summed E-state index contributed by atoms with van der Waals surface area (Å²) < 4.78 is 11.4. The number of halogens is 1. The van der Waals surface area contributed by atoms with Crippen molar-refractivity contribution in [3.63, 3.8) is 0 Å². The number of anilines is 1. The Morgan fingerprint density at radius 3 is 2.53 bits per heavy atom. The second kappa shape index (κ2) is 5.01. The van der Waals surface area contributed by atoms with Crippen LogP contribution in [0.4, 0.5) is 5.69 Å². The van der Waals surface area contributed by atoms with Crippen LogP contribution in [0, 0.1) is 0 Å². The predicted octanol–water partition coefficient (Wildman–Crippen LogP) is 2.62. The maximum absolute atomic E-state index is 5.68. The number of nitrogens with zero attached hydrogens (tertiary/aromatic N) is 2. The summed E-state index contributed by atoms with van der Waals surface area (Å²) in [4.78, 5) is 8.00. The Morgan fingerprint density at radius 1 is 1.18 bits per heavy atom. The highest BCUT2D eigenvalue weighted by atomic mass is 79.9. The van der Waals surface area contributed by atoms with E-state index in [0.717, 1.165) is 4.47 Å². The van der Waals surface area contributed by atoms with Crippen molar-refractivity contribution in [1.82, 2.24) is 9.97 Å². The average Bonchev–Trinajstić information content (AvgIpc) is 2.32. The smallest absolute Gasteiger partial charge is 0.322 e. The van der Waals surface area contributed by atoms with E-state index >= 15 is 0 Å². The van der Waals surface area contributed by atoms with Gasteiger partial charge in [0.05, 0.1) is 11.6 Å². The minimum Gasteiger partial charge on any atom is -0.493 e. The second-order valence-corrected chi connectivity index (χ2v) is 4.11. The molecule has 0 unspecified atom stereocenters. The molecule has 0 bridgehead atoms. The molecule has 0 aliphatic heterocycles. The van der Waals surface area contributed by atoms with Gasteiger partial charge in [-0.15, -0.1) is 0 Å². The molecule has 2 N–H and O–H groups in total. The van der Waals surface area contributed by atoms with Crippen molar-refractivity contribution in [2.45, 2.75) is 0 Å². The molecule has 2 rings (SSSR count). The second-order valence-electron chi connectivity index (χ2n) is 3.20. The minimum atomic E-state index is 0.233. The SMILES string of the molecule is COc1ccc(N)cc1Oc1ncc(Br)cn1. The molecule has 1 heterocycles. The summed E-state index contributed by atoms with van der Waals surface area (Å²) in [5.41, 5.74) is 6.26. The molecule has 6 heteroatoms. The number of nitrogens with two attached hydrogens (primary N) is 1. The van der Waals surface area contributed by atoms with Crippen LogP contribution in [-0.2, 0) is 0 Å². The number of aromatic nitrogens is 2. The largest absolute Gasteiger partial charge is 0.493 e. The molecule has 0 aliphatic rings. The van der Waals surface area contributed by atoms with Gasteiger partial charge in [0.2, 0.25) is 0 Å². The Balaban J connectivity index is 2.28. The Labute approximate surface area is 107 Å². The van der Waals surface area contributed by atoms with Gasteiger partial charge in [0, 0.05) is 24.1 Å². The van der Waals surface area contributed by atoms with E-state index in [-0.39, 0.29) is 6.01 Å². The molecular formula is C11H10BrN3O2. The van der Waals surface area contributed by atoms with E-state index in [1.165, 1.54) is 0 Å². The van der Waals surface area contributed by atoms with Crippen molar-refractivity contribution in [2.75, 3.05) is 12.8 Å². The third-order valence-corrected chi connectivity index (χ3v) is 2.40. The highest BCUT2D eigenvalue weighted by molar-refractivity contribution is 9.10. The molecule has 0 spiro atoms. The van der Waals surface area contributed by atoms with Crippen molar-refractivity contribution < 1.29 is 9.47 Å². The Kier molecular flexibility index (Phi) is 3.43. The molecule has 0 amide bonds. The molecule has 0 saturated carbocycles. The number of benzene rings is 1. The lowest BCUT2D eigenvalue weighted by Gasteiger charge is -2.09. The van der Waals surface area contributed by atoms with Crippen molar-refractivity contribution >= 4 is 21.6 Å². The summed E-state index contributed by atoms with van der Waals surface area (Å²) in [6.45, 7) is 0. The third-order valence-electron chi connectivity index (χ3n) is 1.99. The fourth-order valence-corrected chi connectivity index (χ4v) is 1.43. The molecule has 88 valence electrons. The highest BCUT2D eigenvalue weighted by Gasteiger charge is 2.07. The van der Waals surface area contributed by atoms with E-state index in [9.17, 15) is 0 Å². The van der Waals surface area contributed by atoms with Crippen LogP contribution in [-0.4, -0.2) is 17.1 Å². The van der Waals surface area contributed by atoms with Crippen LogP contribution in [0.2, 0.25) is 0 Å². The number of methoxy groups -OCH3 is 1. The van der Waals surface area contributed by atoms with Crippen molar-refractivity contribution in [3.8, 4) is 17.5 Å². The van der Waals surface area contributed by atoms with Crippen LogP contribution in [0.3, 0.4) is 0 Å². The molecule has 0 atom stereocenters. The minimum absolute atomic E-state index is 0.233. The molecule has 17 heavy (non-hydrogen) atoms. The van der Waals surface area contributed by atoms with Gasteiger partial charge in [0.25, 0.3) is 0 Å². The predicted molar refractivity (Wildman–Crippen MR) is 67.2 cm³/mol. The van der Waals surface area contributed by atoms with Gasteiger partial charge in [0.15, 0.2) is 11.5 Å². The lowest BCUT2D eigenvalue weighted by Crippen LogP contribution is -1.95. The maximum atomic E-state index is 5.68. The zero-order valence-electron chi connectivity index (χ0n) is 9.05. The number of nitrogen functional groups attached to an aromatic ring is 1. The van der Waals surface area contributed by atoms with Crippen LogP contribution in [0.5, 0.6) is 17.5 Å². The van der Waals surface area contributed by atoms with Gasteiger partial charge < -0.3 is 15.2 Å². The van der Waals surface area contributed by atoms with Gasteiger partial charge >= 0.3 is 6.01 Å². The molecule has 1 aromatic heterocycles. The molecule has 2 aromatic rings. The van der Waals surface area contributed by atoms with E-state index in [4.69, 9.17) is 15.2 Å². The summed E-state index contributed by atoms with van der Waals surface area (Å²) in [5.74, 6) is 1.06. The molecule has 0 saturated heterocycles. The summed E-state index contributed by atoms with van der Waals surface area (Å²) in [5, 5.41) is 0. The standard InChI is InChI=1S/C11H10BrN3O2/c1-16-9-3-2-8(13)4-10(9)17-11-14-5-7(12)6-15-11/h2-6H,13H2,1H3. The van der Waals surface area contributed by atoms with E-state index in [0.29, 0.717) is 17.2 Å². The first kappa shape index (κ1) is 11.7. The fraction of sp³-hybridized carbons (Fsp3) is 0.0909. The fourth-order valence-electron chi connectivity index (χ4n) is 1.22. The van der Waals surface area contributed by atoms with E-state index < -0.39 is 0 Å². The quantitative estimate of drug-likeness (QED) is 0.882. The van der Waals surface area contributed by atoms with Crippen LogP contribution in [0.25, 0.3) is 0 Å². The summed E-state index contributed by atoms with van der Waals surface area (Å²) in [7, 11) is 1.56. The molecule has 0 radical (unpaired) electrons. The van der Waals surface area contributed by atoms with Gasteiger partial charge in [-0.25, -0.2) is 9.97 Å². The topological polar surface area (TPSA) is 70.3 Å². The summed E-state index contributed by atoms with van der Waals surface area (Å²) in [6.07, 6.45) is 3.20. The average molecular weight is 296 g/mol. The highest BCUT2D eigenvalue weighted by Crippen LogP contribution is 2.31. The van der Waals surface area contributed by atoms with Crippen molar-refractivity contribution in [1.29, 1.82) is 0 Å². The van der Waals surface area contributed by atoms with Gasteiger partial charge in [-0.05, 0) is 28.1 Å². The van der Waals surface area contributed by atoms with Gasteiger partial charge in [0.1, 0.15) is 0 Å². The first-order valence-electron chi connectivity index (χ1n) is 4.78. The van der Waals surface area contributed by atoms with Crippen molar-refractivity contribution in [3.05, 3.63) is 35.1 Å². The third kappa shape index (κ3) is 2.85. The maximum Gasteiger partial charge on any atom is 0.322 e. The number of rotatable bonds is 3. The van der Waals surface area contributed by atoms with Gasteiger partial charge in [-0.3, -0.25) is 0 Å². The monoisotopic (exact) mass is 295 g/mol. The van der Waals surface area contributed by atoms with Gasteiger partial charge in [-0.1, -0.05) is 0 Å². The first-order valence-corrected chi connectivity index (χ1v) is 5.57. The molecule has 1 aromatic carbocycles. The van der Waals surface area contributed by atoms with E-state index in [2.05, 4.69) is 25.9 Å². The van der Waals surface area contributed by atoms with Crippen molar-refractivity contribution in [2.24, 2.45) is 0 Å². The number of hydrogen-bond donors (Lipinski definition) is 1. The Hall–Kier alpha value is -1.82. The lowest BCUT2D eigenvalue weighted by atomic mass is 10.3. The zero-order chi connectivity index (χ0) is 12.3. The van der Waals surface area contributed by atoms with Crippen LogP contribution < -0.4 is 15.2 Å². The molecule has 5 nitrogen and oxygen atoms in total. The molecular weight excluding hydrogens is 286 g/mol. The zero-order valence-corrected chi connectivity index (χ0v) is 10.6. The lowest BCUT2D eigenvalue weighted by molar-refractivity contribution is 0.368.